The number of anilines is 2. The number of fused-ring (bicyclic) bond motifs is 2. The number of alkyl halides is 3. The van der Waals surface area contributed by atoms with Gasteiger partial charge in [-0.05, 0) is 41.8 Å². The summed E-state index contributed by atoms with van der Waals surface area (Å²) in [6, 6.07) is 8.23. The minimum atomic E-state index is -2.79. The number of aromatic nitrogens is 5. The van der Waals surface area contributed by atoms with Crippen LogP contribution in [0, 0.1) is 6.92 Å². The van der Waals surface area contributed by atoms with E-state index in [0.29, 0.717) is 39.7 Å². The first-order chi connectivity index (χ1) is 22.3. The lowest BCUT2D eigenvalue weighted by molar-refractivity contribution is -0.118. The smallest absolute Gasteiger partial charge is 0.264 e. The summed E-state index contributed by atoms with van der Waals surface area (Å²) in [4.78, 5) is 26.9. The molecule has 1 fully saturated rings. The SMILES string of the molecule is Cc1c(-c2ccc(N3CCN(CCO)CC3)cc2)cc(C(F)F)c2cn(C(C(=O)Nc3nccs3)c3ncn4c3C[C@@H](F)C4)nc12. The van der Waals surface area contributed by atoms with Crippen LogP contribution in [-0.4, -0.2) is 85.7 Å². The molecule has 46 heavy (non-hydrogen) atoms. The lowest BCUT2D eigenvalue weighted by Crippen LogP contribution is -2.47. The highest BCUT2D eigenvalue weighted by molar-refractivity contribution is 7.13. The van der Waals surface area contributed by atoms with E-state index < -0.39 is 24.5 Å². The first-order valence-corrected chi connectivity index (χ1v) is 16.1. The van der Waals surface area contributed by atoms with Gasteiger partial charge in [-0.15, -0.1) is 11.3 Å². The first kappa shape index (κ1) is 30.4. The lowest BCUT2D eigenvalue weighted by Gasteiger charge is -2.35. The van der Waals surface area contributed by atoms with Gasteiger partial charge in [0.25, 0.3) is 12.3 Å². The van der Waals surface area contributed by atoms with Gasteiger partial charge in [-0.2, -0.15) is 5.10 Å². The third-order valence-electron chi connectivity index (χ3n) is 8.89. The number of aliphatic hydroxyl groups excluding tert-OH is 1. The molecular weight excluding hydrogens is 617 g/mol. The largest absolute Gasteiger partial charge is 0.395 e. The molecule has 2 atom stereocenters. The summed E-state index contributed by atoms with van der Waals surface area (Å²) >= 11 is 1.24. The molecule has 0 bridgehead atoms. The Morgan fingerprint density at radius 2 is 1.93 bits per heavy atom. The van der Waals surface area contributed by atoms with Gasteiger partial charge in [0.05, 0.1) is 30.7 Å². The van der Waals surface area contributed by atoms with Crippen molar-refractivity contribution < 1.29 is 23.1 Å². The minimum Gasteiger partial charge on any atom is -0.395 e. The van der Waals surface area contributed by atoms with E-state index in [2.05, 4.69) is 25.1 Å². The summed E-state index contributed by atoms with van der Waals surface area (Å²) in [6.45, 7) is 6.17. The highest BCUT2D eigenvalue weighted by atomic mass is 32.1. The highest BCUT2D eigenvalue weighted by Crippen LogP contribution is 2.38. The Hall–Kier alpha value is -4.27. The van der Waals surface area contributed by atoms with Crippen molar-refractivity contribution in [3.05, 3.63) is 76.9 Å². The number of hydrogen-bond acceptors (Lipinski definition) is 8. The van der Waals surface area contributed by atoms with Gasteiger partial charge in [0, 0.05) is 79.2 Å². The number of benzene rings is 2. The van der Waals surface area contributed by atoms with E-state index in [1.807, 2.05) is 31.2 Å². The van der Waals surface area contributed by atoms with Crippen molar-refractivity contribution in [3.63, 3.8) is 0 Å². The second-order valence-electron chi connectivity index (χ2n) is 11.7. The maximum Gasteiger partial charge on any atom is 0.264 e. The van der Waals surface area contributed by atoms with Gasteiger partial charge in [-0.25, -0.2) is 23.1 Å². The summed E-state index contributed by atoms with van der Waals surface area (Å²) in [7, 11) is 0. The maximum absolute atomic E-state index is 14.6. The van der Waals surface area contributed by atoms with Gasteiger partial charge in [0.1, 0.15) is 6.17 Å². The van der Waals surface area contributed by atoms with Crippen molar-refractivity contribution >= 4 is 39.0 Å². The maximum atomic E-state index is 14.6. The van der Waals surface area contributed by atoms with Gasteiger partial charge >= 0.3 is 0 Å². The molecule has 0 aliphatic carbocycles. The van der Waals surface area contributed by atoms with Crippen LogP contribution in [0.1, 0.15) is 35.0 Å². The molecule has 7 rings (SSSR count). The van der Waals surface area contributed by atoms with Crippen molar-refractivity contribution in [2.24, 2.45) is 0 Å². The predicted octanol–water partition coefficient (Wildman–Crippen LogP) is 4.84. The summed E-state index contributed by atoms with van der Waals surface area (Å²) < 4.78 is 46.7. The van der Waals surface area contributed by atoms with Crippen LogP contribution in [0.3, 0.4) is 0 Å². The summed E-state index contributed by atoms with van der Waals surface area (Å²) in [5.74, 6) is -0.504. The Bertz CT molecular complexity index is 1850. The number of amides is 1. The van der Waals surface area contributed by atoms with Crippen LogP contribution in [0.25, 0.3) is 22.0 Å². The van der Waals surface area contributed by atoms with E-state index >= 15 is 0 Å². The predicted molar refractivity (Wildman–Crippen MR) is 170 cm³/mol. The molecule has 10 nitrogen and oxygen atoms in total. The molecular formula is C32H33F3N8O2S. The Balaban J connectivity index is 1.26. The Kier molecular flexibility index (Phi) is 8.25. The van der Waals surface area contributed by atoms with Crippen LogP contribution in [0.2, 0.25) is 0 Å². The number of β-amino-alcohol motifs (C(OH)–C–C–N with tert-alkyl or cyclic N) is 1. The van der Waals surface area contributed by atoms with Crippen molar-refractivity contribution in [2.75, 3.05) is 49.5 Å². The molecule has 3 aromatic heterocycles. The molecule has 1 saturated heterocycles. The van der Waals surface area contributed by atoms with Crippen molar-refractivity contribution in [2.45, 2.75) is 38.5 Å². The van der Waals surface area contributed by atoms with Gasteiger partial charge < -0.3 is 14.6 Å². The van der Waals surface area contributed by atoms with Crippen LogP contribution in [0.5, 0.6) is 0 Å². The Morgan fingerprint density at radius 3 is 2.63 bits per heavy atom. The second-order valence-corrected chi connectivity index (χ2v) is 12.6. The van der Waals surface area contributed by atoms with Crippen molar-refractivity contribution in [1.82, 2.24) is 29.2 Å². The number of halogens is 3. The van der Waals surface area contributed by atoms with E-state index in [9.17, 15) is 23.1 Å². The number of nitrogens with zero attached hydrogens (tertiary/aromatic N) is 7. The number of imidazole rings is 1. The molecule has 2 aliphatic heterocycles. The molecule has 5 aromatic rings. The third-order valence-corrected chi connectivity index (χ3v) is 9.58. The van der Waals surface area contributed by atoms with Gasteiger partial charge in [0.2, 0.25) is 0 Å². The van der Waals surface area contributed by atoms with E-state index in [1.165, 1.54) is 34.6 Å². The van der Waals surface area contributed by atoms with Gasteiger partial charge in [-0.3, -0.25) is 19.7 Å². The van der Waals surface area contributed by atoms with Crippen molar-refractivity contribution in [1.29, 1.82) is 0 Å². The van der Waals surface area contributed by atoms with Gasteiger partial charge in [-0.1, -0.05) is 12.1 Å². The summed E-state index contributed by atoms with van der Waals surface area (Å²) in [6.07, 6.45) is 0.730. The molecule has 5 heterocycles. The number of hydrogen-bond donors (Lipinski definition) is 2. The first-order valence-electron chi connectivity index (χ1n) is 15.2. The highest BCUT2D eigenvalue weighted by Gasteiger charge is 2.35. The third kappa shape index (κ3) is 5.65. The number of carbonyl (C=O) groups excluding carboxylic acids is 1. The number of nitrogens with one attached hydrogen (secondary N) is 1. The van der Waals surface area contributed by atoms with E-state index in [-0.39, 0.29) is 30.5 Å². The van der Waals surface area contributed by atoms with Crippen LogP contribution in [0.15, 0.2) is 54.4 Å². The molecule has 2 N–H and O–H groups in total. The molecule has 1 amide bonds. The molecule has 2 aromatic carbocycles. The monoisotopic (exact) mass is 650 g/mol. The number of piperazine rings is 1. The molecule has 2 aliphatic rings. The van der Waals surface area contributed by atoms with Crippen LogP contribution >= 0.6 is 11.3 Å². The topological polar surface area (TPSA) is 104 Å². The molecule has 14 heteroatoms. The average molecular weight is 651 g/mol. The van der Waals surface area contributed by atoms with E-state index in [4.69, 9.17) is 5.10 Å². The van der Waals surface area contributed by atoms with Crippen LogP contribution in [0.4, 0.5) is 24.0 Å². The zero-order chi connectivity index (χ0) is 31.9. The van der Waals surface area contributed by atoms with Crippen LogP contribution < -0.4 is 10.2 Å². The normalized spacial score (nSPS) is 17.6. The number of carbonyl (C=O) groups is 1. The quantitative estimate of drug-likeness (QED) is 0.235. The zero-order valence-electron chi connectivity index (χ0n) is 25.1. The number of aryl methyl sites for hydroxylation is 1. The number of rotatable bonds is 9. The zero-order valence-corrected chi connectivity index (χ0v) is 25.9. The molecule has 0 saturated carbocycles. The average Bonchev–Trinajstić information content (AvgIpc) is 3.85. The molecule has 1 unspecified atom stereocenters. The summed E-state index contributed by atoms with van der Waals surface area (Å²) in [5, 5.41) is 19.1. The Morgan fingerprint density at radius 1 is 1.15 bits per heavy atom. The molecule has 0 spiro atoms. The van der Waals surface area contributed by atoms with Crippen LogP contribution in [-0.2, 0) is 17.8 Å². The van der Waals surface area contributed by atoms with Crippen molar-refractivity contribution in [3.8, 4) is 11.1 Å². The number of thiazole rings is 1. The van der Waals surface area contributed by atoms with E-state index in [1.54, 1.807) is 16.1 Å². The fraction of sp³-hybridized carbons (Fsp3) is 0.375. The fourth-order valence-electron chi connectivity index (χ4n) is 6.53. The second kappa shape index (κ2) is 12.5. The fourth-order valence-corrected chi connectivity index (χ4v) is 7.06. The standard InChI is InChI=1S/C32H33F3N8O2S/c1-19-23(20-2-4-22(5-3-20)41-9-7-40(8-10-41)11-12-44)15-24(30(34)35)25-17-43(39-27(19)25)29(31(45)38-32-36-6-13-46-32)28-26-14-21(33)16-42(26)18-37-28/h2-6,13,15,17-18,21,29-30,44H,7-12,14,16H2,1H3,(H,36,38,45)/t21-,29?/m1/s1. The Labute approximate surface area is 267 Å². The minimum absolute atomic E-state index is 0.0942. The lowest BCUT2D eigenvalue weighted by atomic mass is 9.95. The number of aliphatic hydroxyl groups is 1. The van der Waals surface area contributed by atoms with E-state index in [0.717, 1.165) is 37.4 Å². The summed E-state index contributed by atoms with van der Waals surface area (Å²) in [5.41, 5.74) is 4.20. The molecule has 240 valence electrons. The molecule has 0 radical (unpaired) electrons. The van der Waals surface area contributed by atoms with Gasteiger partial charge in [0.15, 0.2) is 11.2 Å².